The molecule has 0 bridgehead atoms. The molecule has 0 fully saturated rings. The maximum absolute atomic E-state index is 13.5. The predicted molar refractivity (Wildman–Crippen MR) is 131 cm³/mol. The molecule has 1 amide bonds. The molecule has 2 aromatic carbocycles. The topological polar surface area (TPSA) is 77.1 Å². The minimum absolute atomic E-state index is 0.00216. The monoisotopic (exact) mass is 471 g/mol. The standard InChI is InChI=1S/C28H26FN3O3/c1-17-23-21(33)13-28(2,3)14-22(23)35-25(17)27(34)31-26-24(19-9-11-20(29)12-10-19)30-16-32(26)15-18-7-5-4-6-8-18/h4-12,16H,13-15H2,1-3H3,(H,31,34). The number of imidazole rings is 1. The van der Waals surface area contributed by atoms with Crippen molar-refractivity contribution in [1.82, 2.24) is 9.55 Å². The van der Waals surface area contributed by atoms with Crippen molar-refractivity contribution in [3.63, 3.8) is 0 Å². The van der Waals surface area contributed by atoms with E-state index in [1.165, 1.54) is 12.1 Å². The largest absolute Gasteiger partial charge is 0.455 e. The van der Waals surface area contributed by atoms with Gasteiger partial charge in [-0.15, -0.1) is 0 Å². The molecule has 0 saturated heterocycles. The molecular formula is C28H26FN3O3. The number of rotatable bonds is 5. The van der Waals surface area contributed by atoms with Crippen LogP contribution in [0.3, 0.4) is 0 Å². The molecule has 0 unspecified atom stereocenters. The van der Waals surface area contributed by atoms with Crippen molar-refractivity contribution in [3.8, 4) is 11.3 Å². The number of carbonyl (C=O) groups is 2. The number of nitrogens with zero attached hydrogens (tertiary/aromatic N) is 2. The number of anilines is 1. The number of furan rings is 1. The van der Waals surface area contributed by atoms with Crippen molar-refractivity contribution < 1.29 is 18.4 Å². The number of Topliss-reactive ketones (excluding diaryl/α,β-unsaturated/α-hetero) is 1. The van der Waals surface area contributed by atoms with Gasteiger partial charge in [-0.05, 0) is 42.2 Å². The van der Waals surface area contributed by atoms with Crippen molar-refractivity contribution in [1.29, 1.82) is 0 Å². The molecule has 2 aromatic heterocycles. The maximum atomic E-state index is 13.5. The minimum atomic E-state index is -0.458. The van der Waals surface area contributed by atoms with E-state index in [2.05, 4.69) is 10.3 Å². The molecule has 1 aliphatic rings. The van der Waals surface area contributed by atoms with Crippen molar-refractivity contribution in [2.45, 2.75) is 40.2 Å². The lowest BCUT2D eigenvalue weighted by Gasteiger charge is -2.27. The van der Waals surface area contributed by atoms with Crippen LogP contribution in [0.15, 0.2) is 65.3 Å². The third-order valence-corrected chi connectivity index (χ3v) is 6.37. The molecule has 178 valence electrons. The molecule has 5 rings (SSSR count). The van der Waals surface area contributed by atoms with Crippen molar-refractivity contribution in [3.05, 3.63) is 95.0 Å². The Morgan fingerprint density at radius 3 is 2.54 bits per heavy atom. The number of nitrogens with one attached hydrogen (secondary N) is 1. The van der Waals surface area contributed by atoms with Crippen LogP contribution in [-0.2, 0) is 13.0 Å². The van der Waals surface area contributed by atoms with Crippen LogP contribution < -0.4 is 5.32 Å². The fourth-order valence-corrected chi connectivity index (χ4v) is 4.70. The van der Waals surface area contributed by atoms with Gasteiger partial charge in [0, 0.05) is 24.0 Å². The van der Waals surface area contributed by atoms with Gasteiger partial charge in [-0.1, -0.05) is 44.2 Å². The molecule has 6 nitrogen and oxygen atoms in total. The van der Waals surface area contributed by atoms with Crippen LogP contribution in [0.4, 0.5) is 10.2 Å². The van der Waals surface area contributed by atoms with Gasteiger partial charge < -0.3 is 14.3 Å². The first-order chi connectivity index (χ1) is 16.7. The van der Waals surface area contributed by atoms with Gasteiger partial charge in [-0.2, -0.15) is 0 Å². The lowest BCUT2D eigenvalue weighted by molar-refractivity contribution is 0.0898. The van der Waals surface area contributed by atoms with E-state index in [1.54, 1.807) is 25.4 Å². The second-order valence-corrected chi connectivity index (χ2v) is 9.81. The van der Waals surface area contributed by atoms with Gasteiger partial charge in [-0.25, -0.2) is 9.37 Å². The summed E-state index contributed by atoms with van der Waals surface area (Å²) in [6.45, 7) is 6.26. The summed E-state index contributed by atoms with van der Waals surface area (Å²) in [7, 11) is 0. The molecule has 0 atom stereocenters. The molecule has 0 spiro atoms. The van der Waals surface area contributed by atoms with Gasteiger partial charge in [0.05, 0.1) is 18.4 Å². The number of carbonyl (C=O) groups excluding carboxylic acids is 2. The van der Waals surface area contributed by atoms with E-state index in [0.717, 1.165) is 5.56 Å². The van der Waals surface area contributed by atoms with E-state index >= 15 is 0 Å². The normalized spacial score (nSPS) is 14.6. The fraction of sp³-hybridized carbons (Fsp3) is 0.250. The van der Waals surface area contributed by atoms with Crippen molar-refractivity contribution >= 4 is 17.5 Å². The Morgan fingerprint density at radius 1 is 1.11 bits per heavy atom. The highest BCUT2D eigenvalue weighted by Gasteiger charge is 2.37. The Kier molecular flexibility index (Phi) is 5.63. The first-order valence-electron chi connectivity index (χ1n) is 11.5. The van der Waals surface area contributed by atoms with Crippen LogP contribution in [0.1, 0.15) is 58.1 Å². The summed E-state index contributed by atoms with van der Waals surface area (Å²) >= 11 is 0. The molecule has 2 heterocycles. The molecule has 0 saturated carbocycles. The molecule has 1 N–H and O–H groups in total. The molecule has 0 aliphatic heterocycles. The average molecular weight is 472 g/mol. The second-order valence-electron chi connectivity index (χ2n) is 9.81. The zero-order chi connectivity index (χ0) is 24.7. The minimum Gasteiger partial charge on any atom is -0.455 e. The zero-order valence-corrected chi connectivity index (χ0v) is 19.9. The van der Waals surface area contributed by atoms with Gasteiger partial charge in [-0.3, -0.25) is 9.59 Å². The lowest BCUT2D eigenvalue weighted by Crippen LogP contribution is -2.26. The number of ketones is 1. The summed E-state index contributed by atoms with van der Waals surface area (Å²) in [5, 5.41) is 2.96. The fourth-order valence-electron chi connectivity index (χ4n) is 4.70. The molecule has 1 aliphatic carbocycles. The van der Waals surface area contributed by atoms with E-state index in [9.17, 15) is 14.0 Å². The van der Waals surface area contributed by atoms with Gasteiger partial charge in [0.15, 0.2) is 11.5 Å². The summed E-state index contributed by atoms with van der Waals surface area (Å²) in [5.74, 6) is 0.334. The van der Waals surface area contributed by atoms with Gasteiger partial charge in [0.2, 0.25) is 0 Å². The van der Waals surface area contributed by atoms with Gasteiger partial charge in [0.1, 0.15) is 23.1 Å². The molecule has 0 radical (unpaired) electrons. The van der Waals surface area contributed by atoms with E-state index in [0.29, 0.717) is 53.3 Å². The Balaban J connectivity index is 1.53. The SMILES string of the molecule is Cc1c(C(=O)Nc2c(-c3ccc(F)cc3)ncn2Cc2ccccc2)oc2c1C(=O)CC(C)(C)C2. The molecule has 35 heavy (non-hydrogen) atoms. The molecule has 7 heteroatoms. The average Bonchev–Trinajstić information content (AvgIpc) is 3.34. The van der Waals surface area contributed by atoms with Crippen LogP contribution in [0.25, 0.3) is 11.3 Å². The number of fused-ring (bicyclic) bond motifs is 1. The number of halogens is 1. The number of amides is 1. The first kappa shape index (κ1) is 22.8. The predicted octanol–water partition coefficient (Wildman–Crippen LogP) is 6.05. The highest BCUT2D eigenvalue weighted by atomic mass is 19.1. The Morgan fingerprint density at radius 2 is 1.83 bits per heavy atom. The van der Waals surface area contributed by atoms with E-state index < -0.39 is 5.91 Å². The van der Waals surface area contributed by atoms with Crippen molar-refractivity contribution in [2.24, 2.45) is 5.41 Å². The van der Waals surface area contributed by atoms with E-state index in [-0.39, 0.29) is 22.8 Å². The lowest BCUT2D eigenvalue weighted by atomic mass is 9.76. The van der Waals surface area contributed by atoms with Crippen LogP contribution in [0.2, 0.25) is 0 Å². The smallest absolute Gasteiger partial charge is 0.292 e. The maximum Gasteiger partial charge on any atom is 0.292 e. The molecule has 4 aromatic rings. The number of benzene rings is 2. The second kappa shape index (κ2) is 8.65. The van der Waals surface area contributed by atoms with Crippen LogP contribution in [0.5, 0.6) is 0 Å². The zero-order valence-electron chi connectivity index (χ0n) is 19.9. The summed E-state index contributed by atoms with van der Waals surface area (Å²) < 4.78 is 21.3. The quantitative estimate of drug-likeness (QED) is 0.385. The summed E-state index contributed by atoms with van der Waals surface area (Å²) in [6, 6.07) is 15.8. The highest BCUT2D eigenvalue weighted by molar-refractivity contribution is 6.08. The van der Waals surface area contributed by atoms with E-state index in [4.69, 9.17) is 4.42 Å². The summed E-state index contributed by atoms with van der Waals surface area (Å²) in [5.41, 5.74) is 3.07. The number of hydrogen-bond acceptors (Lipinski definition) is 4. The third kappa shape index (κ3) is 4.41. The third-order valence-electron chi connectivity index (χ3n) is 6.37. The van der Waals surface area contributed by atoms with Gasteiger partial charge >= 0.3 is 0 Å². The summed E-state index contributed by atoms with van der Waals surface area (Å²) in [4.78, 5) is 30.7. The highest BCUT2D eigenvalue weighted by Crippen LogP contribution is 2.39. The Labute approximate surface area is 202 Å². The Bertz CT molecular complexity index is 1420. The Hall–Kier alpha value is -4.00. The van der Waals surface area contributed by atoms with Crippen LogP contribution in [0, 0.1) is 18.2 Å². The van der Waals surface area contributed by atoms with Crippen LogP contribution in [-0.4, -0.2) is 21.2 Å². The van der Waals surface area contributed by atoms with E-state index in [1.807, 2.05) is 48.7 Å². The first-order valence-corrected chi connectivity index (χ1v) is 11.5. The van der Waals surface area contributed by atoms with Gasteiger partial charge in [0.25, 0.3) is 5.91 Å². The summed E-state index contributed by atoms with van der Waals surface area (Å²) in [6.07, 6.45) is 2.66. The number of hydrogen-bond donors (Lipinski definition) is 1. The molecular weight excluding hydrogens is 445 g/mol. The van der Waals surface area contributed by atoms with Crippen LogP contribution >= 0.6 is 0 Å². The number of aromatic nitrogens is 2. The van der Waals surface area contributed by atoms with Crippen molar-refractivity contribution in [2.75, 3.05) is 5.32 Å².